The van der Waals surface area contributed by atoms with Crippen LogP contribution < -0.4 is 4.74 Å². The SMILES string of the molecule is Cc1cc(C)c(-c2cn3c4ccccc4c4ccc(Oc5[c-]c6c(cc5)c5ncccc5n5c(-c7ccccc7)cnc65)[c-]c4c3n2)c(C)c1.[Pt+2]. The molecule has 0 bridgehead atoms. The van der Waals surface area contributed by atoms with Gasteiger partial charge >= 0.3 is 21.1 Å². The van der Waals surface area contributed by atoms with E-state index < -0.39 is 0 Å². The first-order valence-electron chi connectivity index (χ1n) is 16.7. The third-order valence-corrected chi connectivity index (χ3v) is 9.71. The zero-order valence-electron chi connectivity index (χ0n) is 28.0. The average molecular weight is 839 g/mol. The van der Waals surface area contributed by atoms with Crippen molar-refractivity contribution in [3.8, 4) is 34.0 Å². The molecule has 5 aromatic heterocycles. The normalized spacial score (nSPS) is 11.7. The number of pyridine rings is 3. The monoisotopic (exact) mass is 838 g/mol. The van der Waals surface area contributed by atoms with Crippen molar-refractivity contribution in [2.24, 2.45) is 0 Å². The molecule has 0 atom stereocenters. The number of para-hydroxylation sites is 1. The summed E-state index contributed by atoms with van der Waals surface area (Å²) in [6.45, 7) is 6.45. The minimum atomic E-state index is 0. The Morgan fingerprint density at radius 3 is 2.12 bits per heavy atom. The number of aryl methyl sites for hydroxylation is 3. The second kappa shape index (κ2) is 11.9. The van der Waals surface area contributed by atoms with Crippen LogP contribution >= 0.6 is 0 Å². The van der Waals surface area contributed by atoms with Gasteiger partial charge in [0.15, 0.2) is 0 Å². The van der Waals surface area contributed by atoms with Crippen LogP contribution in [0.4, 0.5) is 0 Å². The summed E-state index contributed by atoms with van der Waals surface area (Å²) in [5.41, 5.74) is 12.5. The van der Waals surface area contributed by atoms with E-state index in [4.69, 9.17) is 19.7 Å². The van der Waals surface area contributed by atoms with Crippen LogP contribution in [0.3, 0.4) is 0 Å². The van der Waals surface area contributed by atoms with Crippen molar-refractivity contribution >= 4 is 54.8 Å². The van der Waals surface area contributed by atoms with Crippen LogP contribution in [-0.2, 0) is 21.1 Å². The van der Waals surface area contributed by atoms with Crippen molar-refractivity contribution in [1.29, 1.82) is 0 Å². The van der Waals surface area contributed by atoms with Crippen molar-refractivity contribution in [1.82, 2.24) is 23.8 Å². The number of hydrogen-bond donors (Lipinski definition) is 0. The summed E-state index contributed by atoms with van der Waals surface area (Å²) in [4.78, 5) is 14.9. The summed E-state index contributed by atoms with van der Waals surface area (Å²) in [6.07, 6.45) is 5.90. The third-order valence-electron chi connectivity index (χ3n) is 9.71. The van der Waals surface area contributed by atoms with E-state index in [-0.39, 0.29) is 21.1 Å². The first-order chi connectivity index (χ1) is 24.5. The molecule has 0 saturated heterocycles. The number of imidazole rings is 2. The fourth-order valence-corrected chi connectivity index (χ4v) is 7.69. The number of rotatable bonds is 4. The van der Waals surface area contributed by atoms with Gasteiger partial charge in [0.25, 0.3) is 0 Å². The maximum Gasteiger partial charge on any atom is 2.00 e. The Morgan fingerprint density at radius 2 is 1.33 bits per heavy atom. The molecule has 0 spiro atoms. The number of ether oxygens (including phenoxy) is 1. The van der Waals surface area contributed by atoms with Gasteiger partial charge in [-0.1, -0.05) is 112 Å². The quantitative estimate of drug-likeness (QED) is 0.131. The average Bonchev–Trinajstić information content (AvgIpc) is 3.78. The molecule has 10 aromatic rings. The fraction of sp³-hybridized carbons (Fsp3) is 0.0682. The van der Waals surface area contributed by atoms with Crippen molar-refractivity contribution in [2.45, 2.75) is 20.8 Å². The van der Waals surface area contributed by atoms with E-state index in [9.17, 15) is 0 Å². The Hall–Kier alpha value is -5.84. The van der Waals surface area contributed by atoms with Crippen LogP contribution in [0, 0.1) is 32.9 Å². The minimum Gasteiger partial charge on any atom is -0.497 e. The van der Waals surface area contributed by atoms with Crippen LogP contribution in [0.25, 0.3) is 77.3 Å². The number of fused-ring (bicyclic) bond motifs is 12. The molecule has 0 N–H and O–H groups in total. The van der Waals surface area contributed by atoms with Gasteiger partial charge in [-0.05, 0) is 61.0 Å². The molecule has 6 nitrogen and oxygen atoms in total. The van der Waals surface area contributed by atoms with Gasteiger partial charge in [0.05, 0.1) is 33.7 Å². The molecule has 0 radical (unpaired) electrons. The Labute approximate surface area is 308 Å². The van der Waals surface area contributed by atoms with Gasteiger partial charge in [0.2, 0.25) is 0 Å². The second-order valence-electron chi connectivity index (χ2n) is 13.0. The molecular weight excluding hydrogens is 810 g/mol. The first-order valence-corrected chi connectivity index (χ1v) is 16.7. The Kier molecular flexibility index (Phi) is 7.27. The summed E-state index contributed by atoms with van der Waals surface area (Å²) in [7, 11) is 0. The summed E-state index contributed by atoms with van der Waals surface area (Å²) in [5.74, 6) is 1.15. The van der Waals surface area contributed by atoms with Crippen molar-refractivity contribution < 1.29 is 25.8 Å². The van der Waals surface area contributed by atoms with Gasteiger partial charge in [-0.25, -0.2) is 0 Å². The predicted molar refractivity (Wildman–Crippen MR) is 201 cm³/mol. The maximum absolute atomic E-state index is 6.55. The molecule has 7 heteroatoms. The smallest absolute Gasteiger partial charge is 0.497 e. The van der Waals surface area contributed by atoms with E-state index in [1.807, 2.05) is 54.9 Å². The summed E-state index contributed by atoms with van der Waals surface area (Å²) in [5, 5.41) is 4.91. The number of aromatic nitrogens is 5. The van der Waals surface area contributed by atoms with Crippen molar-refractivity contribution in [3.05, 3.63) is 151 Å². The van der Waals surface area contributed by atoms with Crippen LogP contribution in [0.2, 0.25) is 0 Å². The van der Waals surface area contributed by atoms with Crippen LogP contribution in [-0.4, -0.2) is 23.8 Å². The summed E-state index contributed by atoms with van der Waals surface area (Å²) >= 11 is 0. The molecule has 0 saturated carbocycles. The zero-order chi connectivity index (χ0) is 33.5. The number of nitrogens with zero attached hydrogens (tertiary/aromatic N) is 5. The molecular formula is C44H29N5OPt. The molecule has 0 aliphatic heterocycles. The molecule has 51 heavy (non-hydrogen) atoms. The molecule has 0 fully saturated rings. The summed E-state index contributed by atoms with van der Waals surface area (Å²) < 4.78 is 10.9. The molecule has 5 aromatic carbocycles. The third kappa shape index (κ3) is 4.85. The van der Waals surface area contributed by atoms with E-state index in [1.54, 1.807) is 0 Å². The van der Waals surface area contributed by atoms with E-state index in [2.05, 4.69) is 109 Å². The van der Waals surface area contributed by atoms with E-state index in [1.165, 1.54) is 16.7 Å². The zero-order valence-corrected chi connectivity index (χ0v) is 30.3. The van der Waals surface area contributed by atoms with Gasteiger partial charge in [-0.2, -0.15) is 0 Å². The fourth-order valence-electron chi connectivity index (χ4n) is 7.69. The minimum absolute atomic E-state index is 0. The summed E-state index contributed by atoms with van der Waals surface area (Å²) in [6, 6.07) is 42.5. The van der Waals surface area contributed by atoms with Crippen LogP contribution in [0.1, 0.15) is 16.7 Å². The van der Waals surface area contributed by atoms with Crippen LogP contribution in [0.15, 0.2) is 122 Å². The van der Waals surface area contributed by atoms with Crippen LogP contribution in [0.5, 0.6) is 11.5 Å². The molecule has 0 aliphatic rings. The second-order valence-corrected chi connectivity index (χ2v) is 13.0. The largest absolute Gasteiger partial charge is 2.00 e. The predicted octanol–water partition coefficient (Wildman–Crippen LogP) is 10.6. The maximum atomic E-state index is 6.55. The van der Waals surface area contributed by atoms with E-state index >= 15 is 0 Å². The molecule has 10 rings (SSSR count). The van der Waals surface area contributed by atoms with Crippen molar-refractivity contribution in [2.75, 3.05) is 0 Å². The van der Waals surface area contributed by atoms with Gasteiger partial charge in [0.1, 0.15) is 0 Å². The van der Waals surface area contributed by atoms with E-state index in [0.29, 0.717) is 11.5 Å². The molecule has 246 valence electrons. The first kappa shape index (κ1) is 31.2. The molecule has 5 heterocycles. The standard InChI is InChI=1S/C44H29N5O.Pt/c1-26-20-27(2)41(28(3)21-26)37-25-48-38-13-8-7-12-33(38)32-17-15-30(22-35(32)44(48)47-37)50-31-16-18-34-36(23-31)43-46-24-40(29-10-5-4-6-11-29)49(43)39-14-9-19-45-42(34)39;/h4-21,24-25H,1-3H3;/q-2;+2. The topological polar surface area (TPSA) is 56.7 Å². The van der Waals surface area contributed by atoms with E-state index in [0.717, 1.165) is 77.3 Å². The number of hydrogen-bond acceptors (Lipinski definition) is 4. The van der Waals surface area contributed by atoms with Crippen molar-refractivity contribution in [3.63, 3.8) is 0 Å². The molecule has 0 aliphatic carbocycles. The van der Waals surface area contributed by atoms with Gasteiger partial charge < -0.3 is 13.5 Å². The Balaban J connectivity index is 0.00000348. The molecule has 0 amide bonds. The number of benzene rings is 5. The van der Waals surface area contributed by atoms with Gasteiger partial charge in [-0.3, -0.25) is 15.0 Å². The molecule has 0 unspecified atom stereocenters. The Morgan fingerprint density at radius 1 is 0.647 bits per heavy atom. The Bertz CT molecular complexity index is 2980. The van der Waals surface area contributed by atoms with Gasteiger partial charge in [-0.15, -0.1) is 12.1 Å². The van der Waals surface area contributed by atoms with Gasteiger partial charge in [0, 0.05) is 41.2 Å².